The van der Waals surface area contributed by atoms with E-state index in [2.05, 4.69) is 4.98 Å². The predicted molar refractivity (Wildman–Crippen MR) is 134 cm³/mol. The lowest BCUT2D eigenvalue weighted by molar-refractivity contribution is -0.141. The van der Waals surface area contributed by atoms with E-state index < -0.39 is 21.4 Å². The van der Waals surface area contributed by atoms with Crippen molar-refractivity contribution < 1.29 is 17.9 Å². The molecule has 0 N–H and O–H groups in total. The highest BCUT2D eigenvalue weighted by atomic mass is 32.2. The van der Waals surface area contributed by atoms with Gasteiger partial charge in [-0.25, -0.2) is 13.2 Å². The van der Waals surface area contributed by atoms with Gasteiger partial charge in [-0.3, -0.25) is 4.98 Å². The Labute approximate surface area is 198 Å². The molecule has 0 atom stereocenters. The molecule has 0 saturated heterocycles. The van der Waals surface area contributed by atoms with Crippen molar-refractivity contribution in [2.75, 3.05) is 6.26 Å². The molecule has 0 saturated carbocycles. The van der Waals surface area contributed by atoms with Gasteiger partial charge in [-0.2, -0.15) is 0 Å². The van der Waals surface area contributed by atoms with Crippen molar-refractivity contribution >= 4 is 37.9 Å². The number of sulfone groups is 1. The minimum Gasteiger partial charge on any atom is -0.451 e. The number of benzene rings is 3. The second-order valence-electron chi connectivity index (χ2n) is 8.91. The first-order valence-electron chi connectivity index (χ1n) is 10.9. The number of nitrogens with zero attached hydrogens (tertiary/aromatic N) is 1. The van der Waals surface area contributed by atoms with Crippen LogP contribution in [0, 0.1) is 0 Å². The van der Waals surface area contributed by atoms with Crippen molar-refractivity contribution in [3.8, 4) is 11.1 Å². The van der Waals surface area contributed by atoms with Crippen molar-refractivity contribution in [2.24, 2.45) is 0 Å². The van der Waals surface area contributed by atoms with Gasteiger partial charge in [-0.05, 0) is 54.8 Å². The molecule has 2 heterocycles. The molecule has 0 unspecified atom stereocenters. The van der Waals surface area contributed by atoms with Crippen molar-refractivity contribution in [2.45, 2.75) is 24.3 Å². The van der Waals surface area contributed by atoms with Crippen LogP contribution >= 0.6 is 0 Å². The Hall–Kier alpha value is -3.77. The van der Waals surface area contributed by atoms with Gasteiger partial charge in [0.05, 0.1) is 16.0 Å². The summed E-state index contributed by atoms with van der Waals surface area (Å²) in [5.74, 6) is -0.402. The van der Waals surface area contributed by atoms with Crippen LogP contribution in [0.2, 0.25) is 0 Å². The molecule has 5 nitrogen and oxygen atoms in total. The van der Waals surface area contributed by atoms with Crippen LogP contribution in [-0.4, -0.2) is 31.2 Å². The summed E-state index contributed by atoms with van der Waals surface area (Å²) in [5, 5.41) is 1.04. The number of carbonyl (C=O) groups is 1. The zero-order valence-electron chi connectivity index (χ0n) is 19.1. The molecule has 0 aliphatic carbocycles. The second kappa shape index (κ2) is 7.92. The Balaban J connectivity index is 1.69. The van der Waals surface area contributed by atoms with E-state index in [0.717, 1.165) is 38.7 Å². The standard InChI is InChI=1S/C28H23NO4S/c1-28(2)25(18-12-14-22(15-13-18)34(3,31)32)24(27(30)33-28)21-9-4-8-20(17-21)23-11-5-7-19-10-6-16-29-26(19)23/h4-17H,1-3H3. The Kier molecular flexibility index (Phi) is 5.14. The lowest BCUT2D eigenvalue weighted by Gasteiger charge is -2.22. The second-order valence-corrected chi connectivity index (χ2v) is 10.9. The maximum atomic E-state index is 13.1. The van der Waals surface area contributed by atoms with E-state index in [4.69, 9.17) is 4.74 Å². The average Bonchev–Trinajstić information content (AvgIpc) is 3.06. The minimum absolute atomic E-state index is 0.229. The number of hydrogen-bond acceptors (Lipinski definition) is 5. The molecule has 1 aliphatic heterocycles. The molecule has 5 rings (SSSR count). The van der Waals surface area contributed by atoms with E-state index in [1.165, 1.54) is 6.26 Å². The van der Waals surface area contributed by atoms with Gasteiger partial charge in [0.15, 0.2) is 9.84 Å². The first-order chi connectivity index (χ1) is 16.1. The largest absolute Gasteiger partial charge is 0.451 e. The number of esters is 1. The molecule has 0 fully saturated rings. The monoisotopic (exact) mass is 469 g/mol. The van der Waals surface area contributed by atoms with Gasteiger partial charge in [0.2, 0.25) is 0 Å². The molecule has 0 amide bonds. The highest BCUT2D eigenvalue weighted by Gasteiger charge is 2.41. The lowest BCUT2D eigenvalue weighted by Crippen LogP contribution is -2.22. The van der Waals surface area contributed by atoms with E-state index in [1.807, 2.05) is 68.4 Å². The SMILES string of the molecule is CC1(C)OC(=O)C(c2cccc(-c3cccc4cccnc34)c2)=C1c1ccc(S(C)(=O)=O)cc1. The number of para-hydroxylation sites is 1. The lowest BCUT2D eigenvalue weighted by atomic mass is 9.86. The predicted octanol–water partition coefficient (Wildman–Crippen LogP) is 5.55. The van der Waals surface area contributed by atoms with Gasteiger partial charge >= 0.3 is 5.97 Å². The van der Waals surface area contributed by atoms with Crippen LogP contribution in [0.5, 0.6) is 0 Å². The summed E-state index contributed by atoms with van der Waals surface area (Å²) in [5.41, 5.74) is 4.64. The van der Waals surface area contributed by atoms with E-state index >= 15 is 0 Å². The molecule has 6 heteroatoms. The van der Waals surface area contributed by atoms with E-state index in [1.54, 1.807) is 30.5 Å². The molecule has 0 spiro atoms. The van der Waals surface area contributed by atoms with Crippen LogP contribution < -0.4 is 0 Å². The molecule has 0 bridgehead atoms. The van der Waals surface area contributed by atoms with Crippen LogP contribution in [0.4, 0.5) is 0 Å². The zero-order chi connectivity index (χ0) is 24.1. The van der Waals surface area contributed by atoms with Crippen LogP contribution in [0.3, 0.4) is 0 Å². The van der Waals surface area contributed by atoms with Gasteiger partial charge in [0.1, 0.15) is 5.60 Å². The third kappa shape index (κ3) is 3.80. The number of cyclic esters (lactones) is 1. The minimum atomic E-state index is -3.32. The van der Waals surface area contributed by atoms with Crippen LogP contribution in [0.15, 0.2) is 90.0 Å². The summed E-state index contributed by atoms with van der Waals surface area (Å²) in [6, 6.07) is 24.3. The fourth-order valence-corrected chi connectivity index (χ4v) is 5.17. The summed E-state index contributed by atoms with van der Waals surface area (Å²) in [6.07, 6.45) is 2.94. The van der Waals surface area contributed by atoms with Crippen molar-refractivity contribution in [1.29, 1.82) is 0 Å². The summed E-state index contributed by atoms with van der Waals surface area (Å²) < 4.78 is 29.6. The summed E-state index contributed by atoms with van der Waals surface area (Å²) in [7, 11) is -3.32. The van der Waals surface area contributed by atoms with Gasteiger partial charge < -0.3 is 4.74 Å². The van der Waals surface area contributed by atoms with E-state index in [-0.39, 0.29) is 4.90 Å². The normalized spacial score (nSPS) is 15.6. The molecule has 1 aliphatic rings. The summed E-state index contributed by atoms with van der Waals surface area (Å²) >= 11 is 0. The molecule has 170 valence electrons. The van der Waals surface area contributed by atoms with Gasteiger partial charge in [0.25, 0.3) is 0 Å². The third-order valence-electron chi connectivity index (χ3n) is 6.07. The molecule has 1 aromatic heterocycles. The van der Waals surface area contributed by atoms with Gasteiger partial charge in [-0.15, -0.1) is 0 Å². The van der Waals surface area contributed by atoms with Crippen LogP contribution in [-0.2, 0) is 19.4 Å². The van der Waals surface area contributed by atoms with E-state index in [0.29, 0.717) is 5.57 Å². The Bertz CT molecular complexity index is 1580. The number of rotatable bonds is 4. The maximum absolute atomic E-state index is 13.1. The average molecular weight is 470 g/mol. The Morgan fingerprint density at radius 2 is 1.50 bits per heavy atom. The zero-order valence-corrected chi connectivity index (χ0v) is 19.9. The molecule has 4 aromatic rings. The number of pyridine rings is 1. The first-order valence-corrected chi connectivity index (χ1v) is 12.8. The fourth-order valence-electron chi connectivity index (χ4n) is 4.54. The highest BCUT2D eigenvalue weighted by molar-refractivity contribution is 7.90. The van der Waals surface area contributed by atoms with Crippen molar-refractivity contribution in [1.82, 2.24) is 4.98 Å². The number of aromatic nitrogens is 1. The fraction of sp³-hybridized carbons (Fsp3) is 0.143. The van der Waals surface area contributed by atoms with E-state index in [9.17, 15) is 13.2 Å². The topological polar surface area (TPSA) is 73.3 Å². The highest BCUT2D eigenvalue weighted by Crippen LogP contribution is 2.44. The van der Waals surface area contributed by atoms with Crippen LogP contribution in [0.1, 0.15) is 25.0 Å². The van der Waals surface area contributed by atoms with Gasteiger partial charge in [-0.1, -0.05) is 54.6 Å². The Morgan fingerprint density at radius 1 is 0.824 bits per heavy atom. The van der Waals surface area contributed by atoms with Gasteiger partial charge in [0, 0.05) is 29.0 Å². The molecule has 3 aromatic carbocycles. The van der Waals surface area contributed by atoms with Crippen molar-refractivity contribution in [3.05, 3.63) is 96.2 Å². The number of hydrogen-bond donors (Lipinski definition) is 0. The Morgan fingerprint density at radius 3 is 2.24 bits per heavy atom. The molecule has 34 heavy (non-hydrogen) atoms. The maximum Gasteiger partial charge on any atom is 0.340 e. The summed E-state index contributed by atoms with van der Waals surface area (Å²) in [6.45, 7) is 3.69. The molecule has 0 radical (unpaired) electrons. The number of carbonyl (C=O) groups excluding carboxylic acids is 1. The quantitative estimate of drug-likeness (QED) is 0.366. The molecular weight excluding hydrogens is 446 g/mol. The van der Waals surface area contributed by atoms with Crippen molar-refractivity contribution in [3.63, 3.8) is 0 Å². The number of ether oxygens (including phenoxy) is 1. The first kappa shape index (κ1) is 22.0. The smallest absolute Gasteiger partial charge is 0.340 e. The summed E-state index contributed by atoms with van der Waals surface area (Å²) in [4.78, 5) is 17.9. The molecular formula is C28H23NO4S. The number of fused-ring (bicyclic) bond motifs is 1. The van der Waals surface area contributed by atoms with Crippen LogP contribution in [0.25, 0.3) is 33.2 Å². The third-order valence-corrected chi connectivity index (χ3v) is 7.20.